The first kappa shape index (κ1) is 20.3. The first-order chi connectivity index (χ1) is 8.61. The Balaban J connectivity index is 0. The summed E-state index contributed by atoms with van der Waals surface area (Å²) in [6, 6.07) is 0. The molecule has 0 aromatic rings. The number of hydrogen-bond acceptors (Lipinski definition) is 5. The summed E-state index contributed by atoms with van der Waals surface area (Å²) in [6.07, 6.45) is 6.12. The number of unbranched alkanes of at least 4 members (excludes halogenated alkanes) is 6. The molecule has 0 amide bonds. The van der Waals surface area contributed by atoms with Crippen LogP contribution in [0.2, 0.25) is 0 Å². The van der Waals surface area contributed by atoms with Gasteiger partial charge in [0.25, 0.3) is 0 Å². The standard InChI is InChI=1S/C13H24O5.H2O/c1-2-3-4-5-6-7-8-9-12(16)18-13(17)11(15)10-14;/h11,14-15H,2-10H2,1H3;1H2. The predicted molar refractivity (Wildman–Crippen MR) is 70.4 cm³/mol. The number of aliphatic hydroxyl groups is 2. The van der Waals surface area contributed by atoms with Gasteiger partial charge in [-0.05, 0) is 6.42 Å². The van der Waals surface area contributed by atoms with Gasteiger partial charge in [0.2, 0.25) is 0 Å². The van der Waals surface area contributed by atoms with E-state index in [0.29, 0.717) is 6.42 Å². The summed E-state index contributed by atoms with van der Waals surface area (Å²) in [7, 11) is 0. The summed E-state index contributed by atoms with van der Waals surface area (Å²) in [5, 5.41) is 17.4. The molecular weight excluding hydrogens is 252 g/mol. The van der Waals surface area contributed by atoms with Crippen LogP contribution in [0.5, 0.6) is 0 Å². The zero-order valence-electron chi connectivity index (χ0n) is 11.6. The van der Waals surface area contributed by atoms with Crippen LogP contribution in [0.25, 0.3) is 0 Å². The number of esters is 2. The molecule has 0 aliphatic rings. The number of carbonyl (C=O) groups excluding carboxylic acids is 2. The fraction of sp³-hybridized carbons (Fsp3) is 0.846. The van der Waals surface area contributed by atoms with E-state index < -0.39 is 24.6 Å². The van der Waals surface area contributed by atoms with Gasteiger partial charge in [0.15, 0.2) is 6.10 Å². The molecule has 1 atom stereocenters. The molecule has 0 rings (SSSR count). The molecule has 0 fully saturated rings. The lowest BCUT2D eigenvalue weighted by Gasteiger charge is -2.06. The van der Waals surface area contributed by atoms with Crippen LogP contribution in [0.3, 0.4) is 0 Å². The van der Waals surface area contributed by atoms with Crippen molar-refractivity contribution in [1.82, 2.24) is 0 Å². The quantitative estimate of drug-likeness (QED) is 0.347. The van der Waals surface area contributed by atoms with E-state index in [-0.39, 0.29) is 11.9 Å². The first-order valence-corrected chi connectivity index (χ1v) is 6.65. The smallest absolute Gasteiger partial charge is 0.345 e. The Bertz CT molecular complexity index is 241. The second-order valence-electron chi connectivity index (χ2n) is 4.36. The number of rotatable bonds is 10. The minimum absolute atomic E-state index is 0. The maximum absolute atomic E-state index is 11.2. The van der Waals surface area contributed by atoms with Gasteiger partial charge in [-0.3, -0.25) is 4.79 Å². The lowest BCUT2D eigenvalue weighted by atomic mass is 10.1. The lowest BCUT2D eigenvalue weighted by Crippen LogP contribution is -2.28. The topological polar surface area (TPSA) is 115 Å². The van der Waals surface area contributed by atoms with E-state index in [1.807, 2.05) is 0 Å². The molecule has 0 saturated carbocycles. The molecule has 0 aromatic heterocycles. The largest absolute Gasteiger partial charge is 0.412 e. The van der Waals surface area contributed by atoms with Crippen molar-refractivity contribution >= 4 is 11.9 Å². The minimum Gasteiger partial charge on any atom is -0.412 e. The number of ether oxygens (including phenoxy) is 1. The second-order valence-corrected chi connectivity index (χ2v) is 4.36. The highest BCUT2D eigenvalue weighted by Crippen LogP contribution is 2.08. The summed E-state index contributed by atoms with van der Waals surface area (Å²) in [6.45, 7) is 1.43. The van der Waals surface area contributed by atoms with Crippen LogP contribution in [0.4, 0.5) is 0 Å². The summed E-state index contributed by atoms with van der Waals surface area (Å²) >= 11 is 0. The summed E-state index contributed by atoms with van der Waals surface area (Å²) in [5.41, 5.74) is 0. The van der Waals surface area contributed by atoms with Gasteiger partial charge in [-0.25, -0.2) is 4.79 Å². The molecule has 4 N–H and O–H groups in total. The number of carbonyl (C=O) groups is 2. The van der Waals surface area contributed by atoms with Gasteiger partial charge in [0.05, 0.1) is 6.61 Å². The van der Waals surface area contributed by atoms with Crippen molar-refractivity contribution in [2.75, 3.05) is 6.61 Å². The SMILES string of the molecule is CCCCCCCCCC(=O)OC(=O)C(O)CO.O. The van der Waals surface area contributed by atoms with Crippen LogP contribution < -0.4 is 0 Å². The third kappa shape index (κ3) is 11.8. The van der Waals surface area contributed by atoms with Crippen molar-refractivity contribution in [2.45, 2.75) is 64.4 Å². The van der Waals surface area contributed by atoms with E-state index in [1.165, 1.54) is 25.7 Å². The van der Waals surface area contributed by atoms with Gasteiger partial charge >= 0.3 is 11.9 Å². The van der Waals surface area contributed by atoms with Crippen molar-refractivity contribution in [3.05, 3.63) is 0 Å². The molecule has 0 aliphatic carbocycles. The van der Waals surface area contributed by atoms with Gasteiger partial charge in [-0.15, -0.1) is 0 Å². The molecule has 0 bridgehead atoms. The van der Waals surface area contributed by atoms with Crippen molar-refractivity contribution < 1.29 is 30.0 Å². The monoisotopic (exact) mass is 278 g/mol. The number of hydrogen-bond donors (Lipinski definition) is 2. The third-order valence-corrected chi connectivity index (χ3v) is 2.64. The van der Waals surface area contributed by atoms with Crippen LogP contribution >= 0.6 is 0 Å². The molecule has 0 radical (unpaired) electrons. The Morgan fingerprint density at radius 2 is 1.58 bits per heavy atom. The molecule has 0 aliphatic heterocycles. The van der Waals surface area contributed by atoms with Crippen molar-refractivity contribution in [3.8, 4) is 0 Å². The van der Waals surface area contributed by atoms with Crippen molar-refractivity contribution in [1.29, 1.82) is 0 Å². The average Bonchev–Trinajstić information content (AvgIpc) is 2.36. The van der Waals surface area contributed by atoms with Crippen molar-refractivity contribution in [3.63, 3.8) is 0 Å². The van der Waals surface area contributed by atoms with Gasteiger partial charge in [0.1, 0.15) is 0 Å². The molecule has 1 unspecified atom stereocenters. The Morgan fingerprint density at radius 1 is 1.05 bits per heavy atom. The fourth-order valence-electron chi connectivity index (χ4n) is 1.53. The van der Waals surface area contributed by atoms with Crippen LogP contribution in [0.1, 0.15) is 58.3 Å². The zero-order chi connectivity index (χ0) is 13.8. The van der Waals surface area contributed by atoms with Crippen molar-refractivity contribution in [2.24, 2.45) is 0 Å². The fourth-order valence-corrected chi connectivity index (χ4v) is 1.53. The van der Waals surface area contributed by atoms with Gasteiger partial charge in [-0.2, -0.15) is 0 Å². The van der Waals surface area contributed by atoms with Gasteiger partial charge in [0, 0.05) is 6.42 Å². The minimum atomic E-state index is -1.62. The third-order valence-electron chi connectivity index (χ3n) is 2.64. The highest BCUT2D eigenvalue weighted by molar-refractivity contribution is 5.87. The van der Waals surface area contributed by atoms with Crippen LogP contribution in [0.15, 0.2) is 0 Å². The normalized spacial score (nSPS) is 11.5. The highest BCUT2D eigenvalue weighted by Gasteiger charge is 2.18. The Kier molecular flexibility index (Phi) is 14.4. The lowest BCUT2D eigenvalue weighted by molar-refractivity contribution is -0.167. The van der Waals surface area contributed by atoms with E-state index >= 15 is 0 Å². The van der Waals surface area contributed by atoms with Crippen LogP contribution in [0, 0.1) is 0 Å². The highest BCUT2D eigenvalue weighted by atomic mass is 16.6. The average molecular weight is 278 g/mol. The van der Waals surface area contributed by atoms with E-state index in [1.54, 1.807) is 0 Å². The Labute approximate surface area is 114 Å². The maximum Gasteiger partial charge on any atom is 0.345 e. The van der Waals surface area contributed by atoms with E-state index in [2.05, 4.69) is 11.7 Å². The summed E-state index contributed by atoms with van der Waals surface area (Å²) < 4.78 is 4.36. The van der Waals surface area contributed by atoms with Gasteiger partial charge in [-0.1, -0.05) is 45.4 Å². The maximum atomic E-state index is 11.2. The second kappa shape index (κ2) is 13.5. The first-order valence-electron chi connectivity index (χ1n) is 6.65. The molecule has 6 nitrogen and oxygen atoms in total. The van der Waals surface area contributed by atoms with E-state index in [9.17, 15) is 9.59 Å². The zero-order valence-corrected chi connectivity index (χ0v) is 11.6. The predicted octanol–water partition coefficient (Wildman–Crippen LogP) is 0.725. The Hall–Kier alpha value is -0.980. The molecule has 114 valence electrons. The Morgan fingerprint density at radius 3 is 2.11 bits per heavy atom. The van der Waals surface area contributed by atoms with E-state index in [4.69, 9.17) is 10.2 Å². The molecule has 19 heavy (non-hydrogen) atoms. The number of aliphatic hydroxyl groups excluding tert-OH is 2. The summed E-state index contributed by atoms with van der Waals surface area (Å²) in [5.74, 6) is -1.72. The van der Waals surface area contributed by atoms with E-state index in [0.717, 1.165) is 12.8 Å². The molecule has 0 spiro atoms. The molecule has 0 aromatic carbocycles. The van der Waals surface area contributed by atoms with Crippen LogP contribution in [-0.2, 0) is 14.3 Å². The summed E-state index contributed by atoms with van der Waals surface area (Å²) in [4.78, 5) is 22.1. The molecule has 0 heterocycles. The molecule has 0 saturated heterocycles. The molecule has 6 heteroatoms. The molecular formula is C13H26O6. The van der Waals surface area contributed by atoms with Crippen LogP contribution in [-0.4, -0.2) is 40.3 Å². The van der Waals surface area contributed by atoms with Gasteiger partial charge < -0.3 is 20.4 Å².